The molecule has 3 saturated carbocycles. The van der Waals surface area contributed by atoms with E-state index in [0.717, 1.165) is 64.0 Å². The van der Waals surface area contributed by atoms with Crippen molar-refractivity contribution in [1.82, 2.24) is 4.90 Å². The van der Waals surface area contributed by atoms with Crippen molar-refractivity contribution in [1.29, 1.82) is 0 Å². The average Bonchev–Trinajstić information content (AvgIpc) is 3.62. The fourth-order valence-corrected chi connectivity index (χ4v) is 6.14. The first-order valence-corrected chi connectivity index (χ1v) is 12.9. The summed E-state index contributed by atoms with van der Waals surface area (Å²) >= 11 is 0. The Balaban J connectivity index is 1.01. The molecule has 0 spiro atoms. The van der Waals surface area contributed by atoms with Gasteiger partial charge in [-0.05, 0) is 88.2 Å². The van der Waals surface area contributed by atoms with Gasteiger partial charge in [0.05, 0.1) is 22.3 Å². The molecular formula is C24H32FNO4S. The number of carbonyl (C=O) groups excluding carboxylic acids is 1. The second-order valence-corrected chi connectivity index (χ2v) is 11.7. The lowest BCUT2D eigenvalue weighted by Crippen LogP contribution is -2.40. The molecule has 31 heavy (non-hydrogen) atoms. The second kappa shape index (κ2) is 8.38. The topological polar surface area (TPSA) is 55.8 Å². The number of benzene rings is 1. The zero-order valence-corrected chi connectivity index (χ0v) is 19.0. The van der Waals surface area contributed by atoms with Gasteiger partial charge in [0.1, 0.15) is 17.2 Å². The number of piperidine rings is 1. The van der Waals surface area contributed by atoms with Crippen LogP contribution in [0, 0.1) is 23.6 Å². The van der Waals surface area contributed by atoms with Crippen molar-refractivity contribution in [2.24, 2.45) is 17.8 Å². The molecule has 3 atom stereocenters. The molecule has 1 aromatic carbocycles. The summed E-state index contributed by atoms with van der Waals surface area (Å²) in [6, 6.07) is 4.72. The van der Waals surface area contributed by atoms with Crippen molar-refractivity contribution >= 4 is 16.9 Å². The first kappa shape index (κ1) is 21.2. The van der Waals surface area contributed by atoms with Crippen LogP contribution in [-0.2, 0) is 15.5 Å². The van der Waals surface area contributed by atoms with Gasteiger partial charge in [0.2, 0.25) is 0 Å². The Bertz CT molecular complexity index is 861. The van der Waals surface area contributed by atoms with E-state index in [4.69, 9.17) is 9.47 Å². The number of halogens is 1. The summed E-state index contributed by atoms with van der Waals surface area (Å²) in [6.45, 7) is 4.18. The van der Waals surface area contributed by atoms with Crippen molar-refractivity contribution in [3.63, 3.8) is 0 Å². The summed E-state index contributed by atoms with van der Waals surface area (Å²) in [4.78, 5) is 14.4. The summed E-state index contributed by atoms with van der Waals surface area (Å²) in [5.74, 6) is 2.17. The molecule has 1 heterocycles. The minimum atomic E-state index is -1.23. The quantitative estimate of drug-likeness (QED) is 0.566. The molecule has 170 valence electrons. The first-order chi connectivity index (χ1) is 14.9. The Morgan fingerprint density at radius 3 is 2.61 bits per heavy atom. The van der Waals surface area contributed by atoms with E-state index < -0.39 is 16.6 Å². The van der Waals surface area contributed by atoms with E-state index in [2.05, 4.69) is 0 Å². The van der Waals surface area contributed by atoms with Gasteiger partial charge in [0, 0.05) is 24.4 Å². The Hall–Kier alpha value is -1.63. The molecule has 3 unspecified atom stereocenters. The van der Waals surface area contributed by atoms with Gasteiger partial charge < -0.3 is 14.4 Å². The lowest BCUT2D eigenvalue weighted by Gasteiger charge is -2.32. The van der Waals surface area contributed by atoms with E-state index in [0.29, 0.717) is 29.1 Å². The Morgan fingerprint density at radius 2 is 1.97 bits per heavy atom. The molecule has 5 nitrogen and oxygen atoms in total. The molecule has 7 heteroatoms. The smallest absolute Gasteiger partial charge is 0.410 e. The van der Waals surface area contributed by atoms with Crippen LogP contribution in [0.1, 0.15) is 58.3 Å². The van der Waals surface area contributed by atoms with Crippen LogP contribution in [0.4, 0.5) is 9.18 Å². The average molecular weight is 450 g/mol. The van der Waals surface area contributed by atoms with E-state index >= 15 is 0 Å². The van der Waals surface area contributed by atoms with Crippen molar-refractivity contribution in [2.75, 3.05) is 19.7 Å². The lowest BCUT2D eigenvalue weighted by atomic mass is 9.91. The van der Waals surface area contributed by atoms with E-state index in [9.17, 15) is 13.4 Å². The van der Waals surface area contributed by atoms with Crippen molar-refractivity contribution in [3.8, 4) is 5.75 Å². The molecule has 1 aliphatic heterocycles. The third kappa shape index (κ3) is 5.07. The van der Waals surface area contributed by atoms with Gasteiger partial charge in [0.25, 0.3) is 0 Å². The van der Waals surface area contributed by atoms with E-state index in [1.165, 1.54) is 12.5 Å². The highest BCUT2D eigenvalue weighted by Crippen LogP contribution is 2.50. The Labute approximate surface area is 186 Å². The largest absolute Gasteiger partial charge is 0.493 e. The second-order valence-electron chi connectivity index (χ2n) is 10.0. The zero-order valence-electron chi connectivity index (χ0n) is 18.2. The summed E-state index contributed by atoms with van der Waals surface area (Å²) in [5, 5.41) is 0.132. The van der Waals surface area contributed by atoms with Crippen molar-refractivity contribution < 1.29 is 22.9 Å². The molecule has 5 rings (SSSR count). The standard InChI is InChI=1S/C24H32FNO4S/c1-24(9-10-24)30-23(27)26-11-6-16(7-12-26)20-14-17(20)8-13-29-18-2-5-22(21(25)15-18)31(28)19-3-4-19/h2,5,15-17,19-20H,3-4,6-14H2,1H3. The van der Waals surface area contributed by atoms with Gasteiger partial charge in [-0.25, -0.2) is 9.18 Å². The molecule has 0 N–H and O–H groups in total. The van der Waals surface area contributed by atoms with Gasteiger partial charge in [-0.1, -0.05) is 0 Å². The molecule has 0 radical (unpaired) electrons. The maximum absolute atomic E-state index is 14.3. The van der Waals surface area contributed by atoms with Gasteiger partial charge >= 0.3 is 6.09 Å². The number of carbonyl (C=O) groups is 1. The van der Waals surface area contributed by atoms with Crippen LogP contribution in [0.5, 0.6) is 5.75 Å². The molecule has 1 amide bonds. The van der Waals surface area contributed by atoms with Crippen LogP contribution >= 0.6 is 0 Å². The lowest BCUT2D eigenvalue weighted by molar-refractivity contribution is 0.0473. The van der Waals surface area contributed by atoms with Crippen LogP contribution in [0.25, 0.3) is 0 Å². The summed E-state index contributed by atoms with van der Waals surface area (Å²) in [5.41, 5.74) is -0.201. The number of ether oxygens (including phenoxy) is 2. The number of likely N-dealkylation sites (tertiary alicyclic amines) is 1. The number of nitrogens with zero attached hydrogens (tertiary/aromatic N) is 1. The van der Waals surface area contributed by atoms with Crippen LogP contribution in [-0.4, -0.2) is 45.7 Å². The monoisotopic (exact) mass is 449 g/mol. The highest BCUT2D eigenvalue weighted by Gasteiger charge is 2.45. The van der Waals surface area contributed by atoms with E-state index in [-0.39, 0.29) is 16.9 Å². The van der Waals surface area contributed by atoms with Gasteiger partial charge in [0.15, 0.2) is 0 Å². The van der Waals surface area contributed by atoms with Crippen LogP contribution < -0.4 is 4.74 Å². The molecule has 3 aliphatic carbocycles. The normalized spacial score (nSPS) is 28.1. The minimum absolute atomic E-state index is 0.132. The predicted molar refractivity (Wildman–Crippen MR) is 116 cm³/mol. The molecule has 1 aromatic rings. The maximum Gasteiger partial charge on any atom is 0.410 e. The number of rotatable bonds is 8. The van der Waals surface area contributed by atoms with Crippen LogP contribution in [0.3, 0.4) is 0 Å². The van der Waals surface area contributed by atoms with Crippen molar-refractivity contribution in [3.05, 3.63) is 24.0 Å². The summed E-state index contributed by atoms with van der Waals surface area (Å²) in [6.07, 6.45) is 7.99. The van der Waals surface area contributed by atoms with Gasteiger partial charge in [-0.15, -0.1) is 0 Å². The summed E-state index contributed by atoms with van der Waals surface area (Å²) in [7, 11) is -1.23. The van der Waals surface area contributed by atoms with Gasteiger partial charge in [-0.3, -0.25) is 4.21 Å². The van der Waals surface area contributed by atoms with E-state index in [1.807, 2.05) is 11.8 Å². The molecule has 0 bridgehead atoms. The minimum Gasteiger partial charge on any atom is -0.493 e. The molecule has 4 aliphatic rings. The molecule has 4 fully saturated rings. The number of amides is 1. The third-order valence-electron chi connectivity index (χ3n) is 7.37. The number of hydrogen-bond donors (Lipinski definition) is 0. The maximum atomic E-state index is 14.3. The summed E-state index contributed by atoms with van der Waals surface area (Å²) < 4.78 is 37.8. The number of hydrogen-bond acceptors (Lipinski definition) is 4. The van der Waals surface area contributed by atoms with Crippen LogP contribution in [0.15, 0.2) is 23.1 Å². The Kier molecular flexibility index (Phi) is 5.74. The third-order valence-corrected chi connectivity index (χ3v) is 9.21. The van der Waals surface area contributed by atoms with Gasteiger partial charge in [-0.2, -0.15) is 0 Å². The predicted octanol–water partition coefficient (Wildman–Crippen LogP) is 4.90. The first-order valence-electron chi connectivity index (χ1n) is 11.7. The van der Waals surface area contributed by atoms with Crippen molar-refractivity contribution in [2.45, 2.75) is 74.0 Å². The highest BCUT2D eigenvalue weighted by molar-refractivity contribution is 7.86. The highest BCUT2D eigenvalue weighted by atomic mass is 32.2. The fraction of sp³-hybridized carbons (Fsp3) is 0.708. The molecule has 1 saturated heterocycles. The SMILES string of the molecule is CC1(OC(=O)N2CCC(C3CC3CCOc3ccc(S(=O)C4CC4)c(F)c3)CC2)CC1. The van der Waals surface area contributed by atoms with E-state index in [1.54, 1.807) is 12.1 Å². The Morgan fingerprint density at radius 1 is 1.23 bits per heavy atom. The molecular weight excluding hydrogens is 417 g/mol. The van der Waals surface area contributed by atoms with Crippen LogP contribution in [0.2, 0.25) is 0 Å². The zero-order chi connectivity index (χ0) is 21.6. The molecule has 0 aromatic heterocycles. The fourth-order valence-electron chi connectivity index (χ4n) is 4.77.